The second-order valence-electron chi connectivity index (χ2n) is 8.61. The number of carbonyl (C=O) groups is 2. The van der Waals surface area contributed by atoms with Crippen molar-refractivity contribution in [3.63, 3.8) is 0 Å². The summed E-state index contributed by atoms with van der Waals surface area (Å²) >= 11 is 0. The van der Waals surface area contributed by atoms with Crippen LogP contribution in [0.25, 0.3) is 11.1 Å². The van der Waals surface area contributed by atoms with E-state index in [4.69, 9.17) is 0 Å². The smallest absolute Gasteiger partial charge is 0.339 e. The van der Waals surface area contributed by atoms with Crippen molar-refractivity contribution in [2.45, 2.75) is 19.0 Å². The number of anilines is 1. The van der Waals surface area contributed by atoms with Gasteiger partial charge in [0.05, 0.1) is 17.2 Å². The number of benzene rings is 3. The Kier molecular flexibility index (Phi) is 7.28. The number of nitrogens with zero attached hydrogens (tertiary/aromatic N) is 2. The van der Waals surface area contributed by atoms with Gasteiger partial charge in [-0.3, -0.25) is 4.79 Å². The van der Waals surface area contributed by atoms with Gasteiger partial charge in [-0.05, 0) is 36.2 Å². The highest BCUT2D eigenvalue weighted by atomic mass is 19.4. The molecule has 1 N–H and O–H groups in total. The molecule has 1 aliphatic heterocycles. The highest BCUT2D eigenvalue weighted by Crippen LogP contribution is 2.34. The molecule has 0 bridgehead atoms. The van der Waals surface area contributed by atoms with Crippen LogP contribution in [0.3, 0.4) is 0 Å². The third-order valence-corrected chi connectivity index (χ3v) is 6.30. The fourth-order valence-electron chi connectivity index (χ4n) is 4.23. The van der Waals surface area contributed by atoms with Gasteiger partial charge in [0.2, 0.25) is 5.91 Å². The maximum absolute atomic E-state index is 14.8. The summed E-state index contributed by atoms with van der Waals surface area (Å²) in [5.41, 5.74) is 0.495. The summed E-state index contributed by atoms with van der Waals surface area (Å²) in [7, 11) is 0. The minimum atomic E-state index is -4.59. The first kappa shape index (κ1) is 25.2. The molecule has 1 saturated heterocycles. The average Bonchev–Trinajstić information content (AvgIpc) is 2.88. The van der Waals surface area contributed by atoms with Gasteiger partial charge >= 0.3 is 12.2 Å². The van der Waals surface area contributed by atoms with Crippen molar-refractivity contribution in [3.05, 3.63) is 89.7 Å². The van der Waals surface area contributed by atoms with Crippen molar-refractivity contribution in [1.29, 1.82) is 0 Å². The minimum absolute atomic E-state index is 0.166. The van der Waals surface area contributed by atoms with Crippen LogP contribution in [0.4, 0.5) is 28.0 Å². The summed E-state index contributed by atoms with van der Waals surface area (Å²) in [5.74, 6) is -1.22. The molecule has 1 aliphatic rings. The van der Waals surface area contributed by atoms with E-state index in [1.165, 1.54) is 29.2 Å². The fourth-order valence-corrected chi connectivity index (χ4v) is 4.23. The van der Waals surface area contributed by atoms with E-state index < -0.39 is 29.5 Å². The Hall–Kier alpha value is -3.88. The third-order valence-electron chi connectivity index (χ3n) is 6.30. The molecular formula is C27H25F4N3O2. The third kappa shape index (κ3) is 5.50. The largest absolute Gasteiger partial charge is 0.418 e. The molecule has 0 aliphatic carbocycles. The molecule has 1 unspecified atom stereocenters. The van der Waals surface area contributed by atoms with Crippen molar-refractivity contribution >= 4 is 17.6 Å². The van der Waals surface area contributed by atoms with Gasteiger partial charge in [0, 0.05) is 31.7 Å². The molecule has 3 amide bonds. The first-order valence-corrected chi connectivity index (χ1v) is 11.5. The summed E-state index contributed by atoms with van der Waals surface area (Å²) in [6.45, 7) is 2.48. The van der Waals surface area contributed by atoms with E-state index in [-0.39, 0.29) is 37.8 Å². The number of para-hydroxylation sites is 1. The first-order valence-electron chi connectivity index (χ1n) is 11.5. The Balaban J connectivity index is 1.36. The summed E-state index contributed by atoms with van der Waals surface area (Å²) in [6.07, 6.45) is -4.59. The Morgan fingerprint density at radius 2 is 1.47 bits per heavy atom. The molecule has 188 valence electrons. The van der Waals surface area contributed by atoms with Gasteiger partial charge in [-0.1, -0.05) is 54.6 Å². The molecular weight excluding hydrogens is 474 g/mol. The van der Waals surface area contributed by atoms with E-state index in [1.807, 2.05) is 30.3 Å². The van der Waals surface area contributed by atoms with Gasteiger partial charge in [-0.2, -0.15) is 13.2 Å². The van der Waals surface area contributed by atoms with Crippen LogP contribution in [0.5, 0.6) is 0 Å². The number of nitrogens with one attached hydrogen (secondary N) is 1. The number of alkyl halides is 3. The number of halogens is 4. The van der Waals surface area contributed by atoms with Gasteiger partial charge in [-0.15, -0.1) is 0 Å². The topological polar surface area (TPSA) is 52.7 Å². The first-order chi connectivity index (χ1) is 17.1. The number of rotatable bonds is 4. The van der Waals surface area contributed by atoms with Gasteiger partial charge in [-0.25, -0.2) is 9.18 Å². The Morgan fingerprint density at radius 1 is 0.861 bits per heavy atom. The van der Waals surface area contributed by atoms with Crippen molar-refractivity contribution in [2.75, 3.05) is 31.5 Å². The van der Waals surface area contributed by atoms with Gasteiger partial charge in [0.25, 0.3) is 0 Å². The quantitative estimate of drug-likeness (QED) is 0.449. The van der Waals surface area contributed by atoms with E-state index in [1.54, 1.807) is 24.0 Å². The summed E-state index contributed by atoms with van der Waals surface area (Å²) in [4.78, 5) is 28.6. The monoisotopic (exact) mass is 499 g/mol. The Labute approximate surface area is 206 Å². The number of piperazine rings is 1. The predicted molar refractivity (Wildman–Crippen MR) is 129 cm³/mol. The maximum atomic E-state index is 14.8. The van der Waals surface area contributed by atoms with Crippen molar-refractivity contribution in [3.8, 4) is 11.1 Å². The molecule has 9 heteroatoms. The molecule has 0 aromatic heterocycles. The van der Waals surface area contributed by atoms with E-state index in [2.05, 4.69) is 5.32 Å². The van der Waals surface area contributed by atoms with E-state index in [0.29, 0.717) is 11.1 Å². The van der Waals surface area contributed by atoms with E-state index in [9.17, 15) is 27.2 Å². The van der Waals surface area contributed by atoms with Crippen LogP contribution in [0.2, 0.25) is 0 Å². The molecule has 0 spiro atoms. The lowest BCUT2D eigenvalue weighted by molar-refractivity contribution is -0.137. The van der Waals surface area contributed by atoms with Crippen LogP contribution in [0.15, 0.2) is 72.8 Å². The average molecular weight is 500 g/mol. The summed E-state index contributed by atoms with van der Waals surface area (Å²) < 4.78 is 54.4. The highest BCUT2D eigenvalue weighted by Gasteiger charge is 2.34. The predicted octanol–water partition coefficient (Wildman–Crippen LogP) is 5.99. The van der Waals surface area contributed by atoms with Crippen LogP contribution in [-0.4, -0.2) is 47.9 Å². The number of hydrogen-bond donors (Lipinski definition) is 1. The zero-order valence-electron chi connectivity index (χ0n) is 19.6. The van der Waals surface area contributed by atoms with Crippen molar-refractivity contribution in [2.24, 2.45) is 0 Å². The normalized spacial score (nSPS) is 14.9. The second-order valence-corrected chi connectivity index (χ2v) is 8.61. The highest BCUT2D eigenvalue weighted by molar-refractivity contribution is 5.90. The number of urea groups is 1. The fraction of sp³-hybridized carbons (Fsp3) is 0.259. The number of carbonyl (C=O) groups excluding carboxylic acids is 2. The van der Waals surface area contributed by atoms with Gasteiger partial charge in [0.1, 0.15) is 5.82 Å². The van der Waals surface area contributed by atoms with Gasteiger partial charge < -0.3 is 15.1 Å². The lowest BCUT2D eigenvalue weighted by atomic mass is 9.95. The molecule has 1 fully saturated rings. The zero-order valence-corrected chi connectivity index (χ0v) is 19.6. The van der Waals surface area contributed by atoms with Crippen molar-refractivity contribution in [1.82, 2.24) is 9.80 Å². The molecule has 1 heterocycles. The van der Waals surface area contributed by atoms with E-state index >= 15 is 0 Å². The molecule has 3 aromatic rings. The molecule has 36 heavy (non-hydrogen) atoms. The molecule has 4 rings (SSSR count). The Bertz CT molecular complexity index is 1240. The minimum Gasteiger partial charge on any atom is -0.339 e. The summed E-state index contributed by atoms with van der Waals surface area (Å²) in [6, 6.07) is 18.0. The zero-order chi connectivity index (χ0) is 25.9. The lowest BCUT2D eigenvalue weighted by Gasteiger charge is -2.36. The van der Waals surface area contributed by atoms with Crippen LogP contribution in [-0.2, 0) is 11.0 Å². The molecule has 1 atom stereocenters. The lowest BCUT2D eigenvalue weighted by Crippen LogP contribution is -2.52. The van der Waals surface area contributed by atoms with E-state index in [0.717, 1.165) is 11.6 Å². The molecule has 3 aromatic carbocycles. The summed E-state index contributed by atoms with van der Waals surface area (Å²) in [5, 5.41) is 2.33. The van der Waals surface area contributed by atoms with Crippen LogP contribution in [0, 0.1) is 5.82 Å². The second kappa shape index (κ2) is 10.4. The van der Waals surface area contributed by atoms with Crippen LogP contribution in [0.1, 0.15) is 24.0 Å². The number of amides is 3. The van der Waals surface area contributed by atoms with Gasteiger partial charge in [0.15, 0.2) is 0 Å². The number of hydrogen-bond acceptors (Lipinski definition) is 2. The van der Waals surface area contributed by atoms with Crippen LogP contribution >= 0.6 is 0 Å². The maximum Gasteiger partial charge on any atom is 0.418 e. The molecule has 0 radical (unpaired) electrons. The standard InChI is InChI=1S/C27H25F4N3O2/c1-18(20-11-12-21(23(28)17-20)19-7-3-2-4-8-19)25(35)33-13-15-34(16-14-33)26(36)32-24-10-6-5-9-22(24)27(29,30)31/h2-12,17-18H,13-16H2,1H3,(H,32,36). The molecule has 5 nitrogen and oxygen atoms in total. The van der Waals surface area contributed by atoms with Crippen LogP contribution < -0.4 is 5.32 Å². The van der Waals surface area contributed by atoms with Crippen molar-refractivity contribution < 1.29 is 27.2 Å². The SMILES string of the molecule is CC(C(=O)N1CCN(C(=O)Nc2ccccc2C(F)(F)F)CC1)c1ccc(-c2ccccc2)c(F)c1. The molecule has 0 saturated carbocycles. The Morgan fingerprint density at radius 3 is 2.11 bits per heavy atom.